The smallest absolute Gasteiger partial charge is 0.357 e. The maximum Gasteiger partial charge on any atom is 0.416 e. The number of aromatic nitrogens is 2. The van der Waals surface area contributed by atoms with Gasteiger partial charge in [0.25, 0.3) is 5.56 Å². The molecule has 4 nitrogen and oxygen atoms in total. The van der Waals surface area contributed by atoms with E-state index in [2.05, 4.69) is 16.9 Å². The third kappa shape index (κ3) is 4.46. The summed E-state index contributed by atoms with van der Waals surface area (Å²) >= 11 is 0. The van der Waals surface area contributed by atoms with Crippen molar-refractivity contribution in [1.29, 1.82) is 0 Å². The molecule has 5 rings (SSSR count). The number of nitrogens with zero attached hydrogens (tertiary/aromatic N) is 2. The SMILES string of the molecule is CC.CN1CCc2c([nH]c3cc(-n4ccc(-c5ccc(C(F)(F)F)cc5)cc4=O)ccc23)C1. The fourth-order valence-corrected chi connectivity index (χ4v) is 4.24. The molecular weight excluding hydrogens is 427 g/mol. The number of aromatic amines is 1. The van der Waals surface area contributed by atoms with Crippen molar-refractivity contribution in [2.45, 2.75) is 33.0 Å². The molecule has 1 N–H and O–H groups in total. The second kappa shape index (κ2) is 8.90. The van der Waals surface area contributed by atoms with Crippen LogP contribution in [-0.2, 0) is 19.1 Å². The Balaban J connectivity index is 0.00000126. The summed E-state index contributed by atoms with van der Waals surface area (Å²) in [5, 5.41) is 1.18. The van der Waals surface area contributed by atoms with Crippen LogP contribution in [0.1, 0.15) is 30.7 Å². The Kier molecular flexibility index (Phi) is 6.17. The quantitative estimate of drug-likeness (QED) is 0.403. The number of hydrogen-bond donors (Lipinski definition) is 1. The Morgan fingerprint density at radius 1 is 0.939 bits per heavy atom. The van der Waals surface area contributed by atoms with Gasteiger partial charge in [0.2, 0.25) is 0 Å². The van der Waals surface area contributed by atoms with E-state index in [0.29, 0.717) is 11.1 Å². The van der Waals surface area contributed by atoms with Crippen LogP contribution in [0.2, 0.25) is 0 Å². The Hall–Kier alpha value is -3.32. The molecule has 0 aliphatic carbocycles. The highest BCUT2D eigenvalue weighted by Gasteiger charge is 2.30. The lowest BCUT2D eigenvalue weighted by atomic mass is 10.0. The molecule has 0 atom stereocenters. The van der Waals surface area contributed by atoms with E-state index >= 15 is 0 Å². The number of alkyl halides is 3. The fraction of sp³-hybridized carbons (Fsp3) is 0.269. The monoisotopic (exact) mass is 453 g/mol. The van der Waals surface area contributed by atoms with Crippen LogP contribution in [0.5, 0.6) is 0 Å². The fourth-order valence-electron chi connectivity index (χ4n) is 4.24. The molecule has 1 aliphatic rings. The minimum Gasteiger partial charge on any atom is -0.357 e. The summed E-state index contributed by atoms with van der Waals surface area (Å²) < 4.78 is 39.9. The lowest BCUT2D eigenvalue weighted by Gasteiger charge is -2.22. The highest BCUT2D eigenvalue weighted by atomic mass is 19.4. The lowest BCUT2D eigenvalue weighted by Crippen LogP contribution is -2.26. The number of likely N-dealkylation sites (N-methyl/N-ethyl adjacent to an activating group) is 1. The van der Waals surface area contributed by atoms with E-state index in [-0.39, 0.29) is 5.56 Å². The van der Waals surface area contributed by atoms with Gasteiger partial charge in [-0.1, -0.05) is 32.0 Å². The van der Waals surface area contributed by atoms with Gasteiger partial charge in [-0.15, -0.1) is 0 Å². The topological polar surface area (TPSA) is 41.0 Å². The first kappa shape index (κ1) is 22.9. The molecule has 0 radical (unpaired) electrons. The maximum atomic E-state index is 12.8. The van der Waals surface area contributed by atoms with E-state index in [9.17, 15) is 18.0 Å². The van der Waals surface area contributed by atoms with Gasteiger partial charge >= 0.3 is 6.18 Å². The van der Waals surface area contributed by atoms with E-state index < -0.39 is 11.7 Å². The van der Waals surface area contributed by atoms with Gasteiger partial charge in [-0.2, -0.15) is 13.2 Å². The summed E-state index contributed by atoms with van der Waals surface area (Å²) in [5.74, 6) is 0. The largest absolute Gasteiger partial charge is 0.416 e. The number of benzene rings is 2. The van der Waals surface area contributed by atoms with Gasteiger partial charge in [-0.3, -0.25) is 9.36 Å². The number of pyridine rings is 1. The molecule has 4 aromatic rings. The highest BCUT2D eigenvalue weighted by molar-refractivity contribution is 5.86. The molecule has 0 unspecified atom stereocenters. The second-order valence-corrected chi connectivity index (χ2v) is 8.00. The molecule has 3 heterocycles. The Morgan fingerprint density at radius 3 is 2.33 bits per heavy atom. The summed E-state index contributed by atoms with van der Waals surface area (Å²) in [4.78, 5) is 18.5. The van der Waals surface area contributed by atoms with Gasteiger partial charge in [0.05, 0.1) is 11.3 Å². The molecule has 172 valence electrons. The van der Waals surface area contributed by atoms with Gasteiger partial charge in [-0.05, 0) is 60.5 Å². The van der Waals surface area contributed by atoms with Gasteiger partial charge in [-0.25, -0.2) is 0 Å². The first-order valence-electron chi connectivity index (χ1n) is 11.0. The van der Waals surface area contributed by atoms with Crippen LogP contribution in [0.4, 0.5) is 13.2 Å². The van der Waals surface area contributed by atoms with Crippen molar-refractivity contribution in [2.24, 2.45) is 0 Å². The van der Waals surface area contributed by atoms with Crippen molar-refractivity contribution in [3.05, 3.63) is 88.0 Å². The summed E-state index contributed by atoms with van der Waals surface area (Å²) in [5.41, 5.74) is 4.48. The minimum absolute atomic E-state index is 0.243. The summed E-state index contributed by atoms with van der Waals surface area (Å²) in [7, 11) is 2.09. The van der Waals surface area contributed by atoms with Crippen molar-refractivity contribution in [3.63, 3.8) is 0 Å². The average molecular weight is 454 g/mol. The van der Waals surface area contributed by atoms with Crippen LogP contribution in [0.15, 0.2) is 65.6 Å². The van der Waals surface area contributed by atoms with Gasteiger partial charge in [0.1, 0.15) is 0 Å². The Morgan fingerprint density at radius 2 is 1.67 bits per heavy atom. The van der Waals surface area contributed by atoms with E-state index in [1.54, 1.807) is 16.8 Å². The van der Waals surface area contributed by atoms with E-state index in [0.717, 1.165) is 42.8 Å². The van der Waals surface area contributed by atoms with Crippen LogP contribution >= 0.6 is 0 Å². The highest BCUT2D eigenvalue weighted by Crippen LogP contribution is 2.31. The third-order valence-electron chi connectivity index (χ3n) is 5.89. The van der Waals surface area contributed by atoms with Gasteiger partial charge in [0, 0.05) is 41.9 Å². The van der Waals surface area contributed by atoms with E-state index in [1.165, 1.54) is 34.8 Å². The standard InChI is InChI=1S/C24H20F3N3O.C2H6/c1-29-10-9-20-19-7-6-18(13-21(19)28-22(20)14-29)30-11-8-16(12-23(30)31)15-2-4-17(5-3-15)24(25,26)27;1-2/h2-8,11-13,28H,9-10,14H2,1H3;1-2H3. The predicted molar refractivity (Wildman–Crippen MR) is 126 cm³/mol. The average Bonchev–Trinajstić information content (AvgIpc) is 3.16. The van der Waals surface area contributed by atoms with Crippen LogP contribution < -0.4 is 5.56 Å². The number of H-pyrrole nitrogens is 1. The van der Waals surface area contributed by atoms with Crippen molar-refractivity contribution in [2.75, 3.05) is 13.6 Å². The molecule has 0 fully saturated rings. The molecule has 33 heavy (non-hydrogen) atoms. The number of hydrogen-bond acceptors (Lipinski definition) is 2. The molecule has 2 aromatic carbocycles. The first-order chi connectivity index (χ1) is 15.8. The van der Waals surface area contributed by atoms with E-state index in [4.69, 9.17) is 0 Å². The van der Waals surface area contributed by atoms with Crippen LogP contribution in [0.25, 0.3) is 27.7 Å². The molecule has 0 spiro atoms. The molecular formula is C26H26F3N3O. The molecule has 0 saturated carbocycles. The van der Waals surface area contributed by atoms with Crippen molar-refractivity contribution < 1.29 is 13.2 Å². The number of fused-ring (bicyclic) bond motifs is 3. The molecule has 7 heteroatoms. The van der Waals surface area contributed by atoms with E-state index in [1.807, 2.05) is 32.0 Å². The van der Waals surface area contributed by atoms with Gasteiger partial charge < -0.3 is 9.88 Å². The minimum atomic E-state index is -4.38. The molecule has 0 bridgehead atoms. The predicted octanol–water partition coefficient (Wildman–Crippen LogP) is 6.02. The number of nitrogens with one attached hydrogen (secondary N) is 1. The third-order valence-corrected chi connectivity index (χ3v) is 5.89. The number of halogens is 3. The zero-order chi connectivity index (χ0) is 23.8. The second-order valence-electron chi connectivity index (χ2n) is 8.00. The van der Waals surface area contributed by atoms with Crippen molar-refractivity contribution in [3.8, 4) is 16.8 Å². The normalized spacial score (nSPS) is 14.0. The molecule has 0 amide bonds. The summed E-state index contributed by atoms with van der Waals surface area (Å²) in [6, 6.07) is 13.9. The lowest BCUT2D eigenvalue weighted by molar-refractivity contribution is -0.137. The summed E-state index contributed by atoms with van der Waals surface area (Å²) in [6.07, 6.45) is -1.73. The molecule has 0 saturated heterocycles. The van der Waals surface area contributed by atoms with Crippen molar-refractivity contribution in [1.82, 2.24) is 14.5 Å². The van der Waals surface area contributed by atoms with Crippen LogP contribution in [0, 0.1) is 0 Å². The van der Waals surface area contributed by atoms with Crippen molar-refractivity contribution >= 4 is 10.9 Å². The zero-order valence-electron chi connectivity index (χ0n) is 18.8. The first-order valence-corrected chi connectivity index (χ1v) is 11.0. The maximum absolute atomic E-state index is 12.8. The van der Waals surface area contributed by atoms with Crippen LogP contribution in [-0.4, -0.2) is 28.0 Å². The zero-order valence-corrected chi connectivity index (χ0v) is 18.8. The Bertz CT molecular complexity index is 1330. The van der Waals surface area contributed by atoms with Gasteiger partial charge in [0.15, 0.2) is 0 Å². The molecule has 2 aromatic heterocycles. The number of rotatable bonds is 2. The Labute approximate surface area is 190 Å². The summed E-state index contributed by atoms with van der Waals surface area (Å²) in [6.45, 7) is 5.90. The van der Waals surface area contributed by atoms with Crippen LogP contribution in [0.3, 0.4) is 0 Å². The molecule has 1 aliphatic heterocycles.